The number of hydrogen-bond acceptors (Lipinski definition) is 7. The number of nitrogens with one attached hydrogen (secondary N) is 2. The number of hydrogen-bond donors (Lipinski definition) is 3. The molecule has 1 rings (SSSR count). The van der Waals surface area contributed by atoms with Crippen LogP contribution >= 0.6 is 0 Å². The topological polar surface area (TPSA) is 134 Å². The maximum atomic E-state index is 14.4. The SMILES string of the molecule is CCCCCCCCN(C(=O)C(NC(=O)OC(C)(C)C)C(C)CC)C(C(=O)NCCC(=O)OCC)c1ccc(O)c(C)c1. The molecule has 3 amide bonds. The molecule has 3 unspecified atom stereocenters. The van der Waals surface area contributed by atoms with E-state index in [2.05, 4.69) is 17.6 Å². The number of nitrogens with zero attached hydrogens (tertiary/aromatic N) is 1. The van der Waals surface area contributed by atoms with Crippen molar-refractivity contribution in [3.05, 3.63) is 29.3 Å². The Morgan fingerprint density at radius 3 is 2.23 bits per heavy atom. The van der Waals surface area contributed by atoms with Gasteiger partial charge in [0.15, 0.2) is 0 Å². The van der Waals surface area contributed by atoms with Gasteiger partial charge in [0.05, 0.1) is 13.0 Å². The molecule has 244 valence electrons. The number of esters is 1. The van der Waals surface area contributed by atoms with E-state index < -0.39 is 41.6 Å². The largest absolute Gasteiger partial charge is 0.508 e. The lowest BCUT2D eigenvalue weighted by Gasteiger charge is -2.36. The highest BCUT2D eigenvalue weighted by Gasteiger charge is 2.38. The number of carbonyl (C=O) groups excluding carboxylic acids is 4. The van der Waals surface area contributed by atoms with Crippen molar-refractivity contribution in [1.29, 1.82) is 0 Å². The number of rotatable bonds is 18. The summed E-state index contributed by atoms with van der Waals surface area (Å²) < 4.78 is 10.5. The molecule has 3 N–H and O–H groups in total. The molecular weight excluding hydrogens is 550 g/mol. The first-order chi connectivity index (χ1) is 20.2. The number of benzene rings is 1. The number of aryl methyl sites for hydroxylation is 1. The van der Waals surface area contributed by atoms with Crippen LogP contribution in [0.25, 0.3) is 0 Å². The fourth-order valence-corrected chi connectivity index (χ4v) is 4.66. The summed E-state index contributed by atoms with van der Waals surface area (Å²) in [5.74, 6) is -1.47. The molecule has 0 aliphatic heterocycles. The third kappa shape index (κ3) is 13.7. The van der Waals surface area contributed by atoms with Gasteiger partial charge in [0, 0.05) is 13.1 Å². The highest BCUT2D eigenvalue weighted by atomic mass is 16.6. The maximum Gasteiger partial charge on any atom is 0.408 e. The minimum absolute atomic E-state index is 0.0119. The fraction of sp³-hybridized carbons (Fsp3) is 0.697. The number of amides is 3. The van der Waals surface area contributed by atoms with Gasteiger partial charge in [0.1, 0.15) is 23.4 Å². The first-order valence-corrected chi connectivity index (χ1v) is 15.8. The second-order valence-electron chi connectivity index (χ2n) is 12.1. The van der Waals surface area contributed by atoms with Crippen molar-refractivity contribution >= 4 is 23.9 Å². The van der Waals surface area contributed by atoms with Gasteiger partial charge in [-0.25, -0.2) is 4.79 Å². The van der Waals surface area contributed by atoms with Gasteiger partial charge >= 0.3 is 12.1 Å². The van der Waals surface area contributed by atoms with Crippen molar-refractivity contribution in [2.45, 2.75) is 124 Å². The highest BCUT2D eigenvalue weighted by molar-refractivity contribution is 5.92. The molecule has 3 atom stereocenters. The molecule has 0 spiro atoms. The van der Waals surface area contributed by atoms with Crippen LogP contribution in [0.2, 0.25) is 0 Å². The summed E-state index contributed by atoms with van der Waals surface area (Å²) in [6.45, 7) is 15.2. The summed E-state index contributed by atoms with van der Waals surface area (Å²) >= 11 is 0. The third-order valence-corrected chi connectivity index (χ3v) is 7.22. The fourth-order valence-electron chi connectivity index (χ4n) is 4.66. The van der Waals surface area contributed by atoms with Crippen molar-refractivity contribution in [1.82, 2.24) is 15.5 Å². The Hall–Kier alpha value is -3.30. The molecular formula is C33H55N3O7. The van der Waals surface area contributed by atoms with Gasteiger partial charge in [-0.1, -0.05) is 65.4 Å². The van der Waals surface area contributed by atoms with E-state index in [1.165, 1.54) is 11.0 Å². The van der Waals surface area contributed by atoms with E-state index in [1.807, 2.05) is 13.8 Å². The molecule has 0 aliphatic carbocycles. The molecule has 10 heteroatoms. The van der Waals surface area contributed by atoms with Gasteiger partial charge in [-0.3, -0.25) is 14.4 Å². The Morgan fingerprint density at radius 2 is 1.65 bits per heavy atom. The summed E-state index contributed by atoms with van der Waals surface area (Å²) in [5, 5.41) is 15.8. The van der Waals surface area contributed by atoms with E-state index in [0.717, 1.165) is 32.1 Å². The Morgan fingerprint density at radius 1 is 1.00 bits per heavy atom. The van der Waals surface area contributed by atoms with E-state index in [4.69, 9.17) is 9.47 Å². The number of phenols is 1. The zero-order chi connectivity index (χ0) is 32.6. The molecule has 43 heavy (non-hydrogen) atoms. The molecule has 0 aliphatic rings. The summed E-state index contributed by atoms with van der Waals surface area (Å²) in [6.07, 6.45) is 5.78. The van der Waals surface area contributed by atoms with Crippen LogP contribution < -0.4 is 10.6 Å². The molecule has 0 saturated carbocycles. The second-order valence-corrected chi connectivity index (χ2v) is 12.1. The minimum atomic E-state index is -1.06. The number of unbranched alkanes of at least 4 members (excludes halogenated alkanes) is 5. The molecule has 0 saturated heterocycles. The number of alkyl carbamates (subject to hydrolysis) is 1. The molecule has 1 aromatic carbocycles. The van der Waals surface area contributed by atoms with Gasteiger partial charge in [0.2, 0.25) is 11.8 Å². The van der Waals surface area contributed by atoms with Crippen LogP contribution in [0.1, 0.15) is 117 Å². The first kappa shape index (κ1) is 37.7. The predicted molar refractivity (Wildman–Crippen MR) is 168 cm³/mol. The lowest BCUT2D eigenvalue weighted by molar-refractivity contribution is -0.145. The first-order valence-electron chi connectivity index (χ1n) is 15.8. The van der Waals surface area contributed by atoms with Crippen molar-refractivity contribution in [2.75, 3.05) is 19.7 Å². The molecule has 0 aromatic heterocycles. The van der Waals surface area contributed by atoms with Crippen LogP contribution in [-0.2, 0) is 23.9 Å². The number of ether oxygens (including phenoxy) is 2. The van der Waals surface area contributed by atoms with Gasteiger partial charge in [-0.05, 0) is 70.2 Å². The highest BCUT2D eigenvalue weighted by Crippen LogP contribution is 2.29. The van der Waals surface area contributed by atoms with E-state index in [9.17, 15) is 24.3 Å². The normalized spacial score (nSPS) is 13.4. The average molecular weight is 606 g/mol. The van der Waals surface area contributed by atoms with Gasteiger partial charge in [-0.15, -0.1) is 0 Å². The third-order valence-electron chi connectivity index (χ3n) is 7.22. The summed E-state index contributed by atoms with van der Waals surface area (Å²) in [5.41, 5.74) is 0.318. The van der Waals surface area contributed by atoms with Crippen LogP contribution in [0.4, 0.5) is 4.79 Å². The van der Waals surface area contributed by atoms with Crippen molar-refractivity contribution < 1.29 is 33.8 Å². The standard InChI is InChI=1S/C33H55N3O7/c1-9-12-13-14-15-16-21-36(31(40)28(23(4)10-2)35-32(41)43-33(6,7)8)29(25-17-18-26(37)24(5)22-25)30(39)34-20-19-27(38)42-11-3/h17-18,22-23,28-29,37H,9-16,19-21H2,1-8H3,(H,34,39)(H,35,41). The van der Waals surface area contributed by atoms with Crippen LogP contribution in [0.15, 0.2) is 18.2 Å². The van der Waals surface area contributed by atoms with E-state index in [-0.39, 0.29) is 37.8 Å². The summed E-state index contributed by atoms with van der Waals surface area (Å²) in [7, 11) is 0. The second kappa shape index (κ2) is 19.1. The monoisotopic (exact) mass is 605 g/mol. The summed E-state index contributed by atoms with van der Waals surface area (Å²) in [4.78, 5) is 54.5. The average Bonchev–Trinajstić information content (AvgIpc) is 2.93. The van der Waals surface area contributed by atoms with Crippen molar-refractivity contribution in [3.63, 3.8) is 0 Å². The van der Waals surface area contributed by atoms with E-state index >= 15 is 0 Å². The minimum Gasteiger partial charge on any atom is -0.508 e. The molecule has 0 heterocycles. The smallest absolute Gasteiger partial charge is 0.408 e. The Kier molecular flexibility index (Phi) is 16.7. The Bertz CT molecular complexity index is 1040. The van der Waals surface area contributed by atoms with Crippen LogP contribution in [0.5, 0.6) is 5.75 Å². The molecule has 10 nitrogen and oxygen atoms in total. The molecule has 1 aromatic rings. The zero-order valence-electron chi connectivity index (χ0n) is 27.6. The maximum absolute atomic E-state index is 14.4. The lowest BCUT2D eigenvalue weighted by Crippen LogP contribution is -2.55. The quantitative estimate of drug-likeness (QED) is 0.139. The van der Waals surface area contributed by atoms with Crippen LogP contribution in [-0.4, -0.2) is 65.2 Å². The van der Waals surface area contributed by atoms with E-state index in [0.29, 0.717) is 24.0 Å². The van der Waals surface area contributed by atoms with Crippen molar-refractivity contribution in [2.24, 2.45) is 5.92 Å². The summed E-state index contributed by atoms with van der Waals surface area (Å²) in [6, 6.07) is 2.82. The number of carbonyl (C=O) groups is 4. The van der Waals surface area contributed by atoms with Crippen molar-refractivity contribution in [3.8, 4) is 5.75 Å². The molecule has 0 fully saturated rings. The van der Waals surface area contributed by atoms with Gasteiger partial charge in [0.25, 0.3) is 0 Å². The Labute approximate surface area is 258 Å². The predicted octanol–water partition coefficient (Wildman–Crippen LogP) is 5.94. The number of aromatic hydroxyl groups is 1. The van der Waals surface area contributed by atoms with Crippen LogP contribution in [0.3, 0.4) is 0 Å². The molecule has 0 radical (unpaired) electrons. The number of phenolic OH excluding ortho intramolecular Hbond substituents is 1. The molecule has 0 bridgehead atoms. The van der Waals surface area contributed by atoms with E-state index in [1.54, 1.807) is 46.8 Å². The van der Waals surface area contributed by atoms with Gasteiger partial charge in [-0.2, -0.15) is 0 Å². The zero-order valence-corrected chi connectivity index (χ0v) is 27.6. The van der Waals surface area contributed by atoms with Gasteiger partial charge < -0.3 is 30.1 Å². The lowest BCUT2D eigenvalue weighted by atomic mass is 9.95. The Balaban J connectivity index is 3.50. The van der Waals surface area contributed by atoms with Crippen LogP contribution in [0, 0.1) is 12.8 Å².